The Morgan fingerprint density at radius 2 is 1.72 bits per heavy atom. The van der Waals surface area contributed by atoms with Crippen molar-refractivity contribution in [3.8, 4) is 0 Å². The minimum atomic E-state index is -3.44. The van der Waals surface area contributed by atoms with Crippen LogP contribution in [-0.2, 0) is 21.4 Å². The van der Waals surface area contributed by atoms with Crippen LogP contribution in [0.3, 0.4) is 0 Å². The Morgan fingerprint density at radius 3 is 2.38 bits per heavy atom. The topological polar surface area (TPSA) is 49.9 Å². The molecule has 0 bridgehead atoms. The summed E-state index contributed by atoms with van der Waals surface area (Å²) in [6, 6.07) is 14.1. The summed E-state index contributed by atoms with van der Waals surface area (Å²) in [4.78, 5) is 2.70. The van der Waals surface area contributed by atoms with Gasteiger partial charge in [0, 0.05) is 30.4 Å². The Labute approximate surface area is 174 Å². The molecule has 0 radical (unpaired) electrons. The van der Waals surface area contributed by atoms with Crippen molar-refractivity contribution in [2.45, 2.75) is 57.1 Å². The largest absolute Gasteiger partial charge is 0.356 e. The fourth-order valence-corrected chi connectivity index (χ4v) is 5.77. The summed E-state index contributed by atoms with van der Waals surface area (Å²) < 4.78 is 33.6. The lowest BCUT2D eigenvalue weighted by Gasteiger charge is -2.41. The maximum absolute atomic E-state index is 13.1. The van der Waals surface area contributed by atoms with Gasteiger partial charge in [0.25, 0.3) is 0 Å². The third-order valence-corrected chi connectivity index (χ3v) is 7.99. The molecule has 2 aromatic carbocycles. The zero-order valence-corrected chi connectivity index (χ0v) is 18.3. The maximum atomic E-state index is 13.1. The molecule has 29 heavy (non-hydrogen) atoms. The number of rotatable bonds is 4. The summed E-state index contributed by atoms with van der Waals surface area (Å²) in [5, 5.41) is 0. The predicted molar refractivity (Wildman–Crippen MR) is 116 cm³/mol. The van der Waals surface area contributed by atoms with E-state index >= 15 is 0 Å². The molecule has 6 heteroatoms. The molecule has 1 fully saturated rings. The van der Waals surface area contributed by atoms with E-state index in [0.29, 0.717) is 43.3 Å². The number of aryl methyl sites for hydroxylation is 1. The van der Waals surface area contributed by atoms with Crippen LogP contribution in [0.2, 0.25) is 0 Å². The van der Waals surface area contributed by atoms with E-state index < -0.39 is 10.0 Å². The molecule has 0 unspecified atom stereocenters. The molecule has 2 aliphatic heterocycles. The van der Waals surface area contributed by atoms with Crippen molar-refractivity contribution in [3.05, 3.63) is 59.2 Å². The lowest BCUT2D eigenvalue weighted by Crippen LogP contribution is -2.48. The summed E-state index contributed by atoms with van der Waals surface area (Å²) in [5.41, 5.74) is 4.84. The van der Waals surface area contributed by atoms with Gasteiger partial charge >= 0.3 is 0 Å². The number of sulfonamides is 1. The molecule has 0 spiro atoms. The molecule has 156 valence electrons. The third kappa shape index (κ3) is 4.06. The van der Waals surface area contributed by atoms with Gasteiger partial charge < -0.3 is 9.64 Å². The molecule has 0 atom stereocenters. The lowest BCUT2D eigenvalue weighted by atomic mass is 10.0. The van der Waals surface area contributed by atoms with E-state index in [4.69, 9.17) is 4.74 Å². The minimum absolute atomic E-state index is 0.298. The standard InChI is InChI=1S/C23H30N2O3S/c1-17(2)19-5-7-22(8-6-19)29(26,27)24-12-10-21(11-13-24)25-16-28-15-20-14-18(3)4-9-23(20)25/h4-9,14,17,21H,10-13,15-16H2,1-3H3. The number of anilines is 1. The summed E-state index contributed by atoms with van der Waals surface area (Å²) in [5.74, 6) is 0.390. The summed E-state index contributed by atoms with van der Waals surface area (Å²) in [7, 11) is -3.44. The zero-order valence-electron chi connectivity index (χ0n) is 17.5. The minimum Gasteiger partial charge on any atom is -0.356 e. The van der Waals surface area contributed by atoms with E-state index in [9.17, 15) is 8.42 Å². The molecule has 2 aliphatic rings. The van der Waals surface area contributed by atoms with Crippen molar-refractivity contribution in [1.82, 2.24) is 4.31 Å². The molecule has 2 aromatic rings. The number of nitrogens with zero attached hydrogens (tertiary/aromatic N) is 2. The highest BCUT2D eigenvalue weighted by Crippen LogP contribution is 2.32. The average Bonchev–Trinajstić information content (AvgIpc) is 2.73. The van der Waals surface area contributed by atoms with Gasteiger partial charge in [0.05, 0.1) is 11.5 Å². The summed E-state index contributed by atoms with van der Waals surface area (Å²) in [6.45, 7) is 8.61. The zero-order chi connectivity index (χ0) is 20.6. The molecule has 0 amide bonds. The van der Waals surface area contributed by atoms with Gasteiger partial charge in [0.1, 0.15) is 6.73 Å². The highest BCUT2D eigenvalue weighted by molar-refractivity contribution is 7.89. The highest BCUT2D eigenvalue weighted by Gasteiger charge is 2.33. The van der Waals surface area contributed by atoms with Crippen molar-refractivity contribution < 1.29 is 13.2 Å². The number of hydrogen-bond donors (Lipinski definition) is 0. The normalized spacial score (nSPS) is 18.8. The van der Waals surface area contributed by atoms with Crippen LogP contribution in [-0.4, -0.2) is 38.6 Å². The quantitative estimate of drug-likeness (QED) is 0.750. The van der Waals surface area contributed by atoms with Gasteiger partial charge in [-0.25, -0.2) is 8.42 Å². The van der Waals surface area contributed by atoms with Crippen molar-refractivity contribution in [2.24, 2.45) is 0 Å². The van der Waals surface area contributed by atoms with Crippen molar-refractivity contribution in [1.29, 1.82) is 0 Å². The molecule has 0 N–H and O–H groups in total. The molecule has 1 saturated heterocycles. The molecule has 2 heterocycles. The monoisotopic (exact) mass is 414 g/mol. The first-order valence-corrected chi connectivity index (χ1v) is 11.8. The molecular formula is C23H30N2O3S. The van der Waals surface area contributed by atoms with Crippen LogP contribution in [0.5, 0.6) is 0 Å². The molecular weight excluding hydrogens is 384 g/mol. The molecule has 4 rings (SSSR count). The van der Waals surface area contributed by atoms with Crippen LogP contribution in [0.25, 0.3) is 0 Å². The first kappa shape index (κ1) is 20.4. The summed E-state index contributed by atoms with van der Waals surface area (Å²) >= 11 is 0. The molecule has 0 saturated carbocycles. The van der Waals surface area contributed by atoms with Crippen molar-refractivity contribution in [2.75, 3.05) is 24.7 Å². The Hall–Kier alpha value is -1.89. The molecule has 5 nitrogen and oxygen atoms in total. The number of ether oxygens (including phenoxy) is 1. The predicted octanol–water partition coefficient (Wildman–Crippen LogP) is 4.27. The van der Waals surface area contributed by atoms with E-state index in [1.54, 1.807) is 16.4 Å². The van der Waals surface area contributed by atoms with Gasteiger partial charge in [-0.3, -0.25) is 0 Å². The van der Waals surface area contributed by atoms with Crippen LogP contribution < -0.4 is 4.90 Å². The van der Waals surface area contributed by atoms with E-state index in [1.807, 2.05) is 12.1 Å². The van der Waals surface area contributed by atoms with Gasteiger partial charge in [-0.05, 0) is 49.4 Å². The number of fused-ring (bicyclic) bond motifs is 1. The number of benzene rings is 2. The lowest BCUT2D eigenvalue weighted by molar-refractivity contribution is 0.0987. The second kappa shape index (κ2) is 8.09. The second-order valence-electron chi connectivity index (χ2n) is 8.44. The Morgan fingerprint density at radius 1 is 1.03 bits per heavy atom. The van der Waals surface area contributed by atoms with Crippen molar-refractivity contribution >= 4 is 15.7 Å². The van der Waals surface area contributed by atoms with Gasteiger partial charge in [0.15, 0.2) is 0 Å². The smallest absolute Gasteiger partial charge is 0.243 e. The van der Waals surface area contributed by atoms with Gasteiger partial charge in [-0.1, -0.05) is 43.7 Å². The van der Waals surface area contributed by atoms with Crippen molar-refractivity contribution in [3.63, 3.8) is 0 Å². The van der Waals surface area contributed by atoms with Crippen LogP contribution in [0, 0.1) is 6.92 Å². The SMILES string of the molecule is Cc1ccc2c(c1)COCN2C1CCN(S(=O)(=O)c2ccc(C(C)C)cc2)CC1. The van der Waals surface area contributed by atoms with Crippen LogP contribution in [0.1, 0.15) is 49.3 Å². The first-order valence-electron chi connectivity index (χ1n) is 10.4. The average molecular weight is 415 g/mol. The third-order valence-electron chi connectivity index (χ3n) is 6.08. The van der Waals surface area contributed by atoms with E-state index in [1.165, 1.54) is 16.8 Å². The van der Waals surface area contributed by atoms with E-state index in [0.717, 1.165) is 18.4 Å². The molecule has 0 aromatic heterocycles. The Bertz CT molecular complexity index is 962. The Balaban J connectivity index is 1.46. The van der Waals surface area contributed by atoms with Crippen LogP contribution in [0.15, 0.2) is 47.4 Å². The number of piperidine rings is 1. The number of hydrogen-bond acceptors (Lipinski definition) is 4. The van der Waals surface area contributed by atoms with Crippen LogP contribution in [0.4, 0.5) is 5.69 Å². The fourth-order valence-electron chi connectivity index (χ4n) is 4.30. The Kier molecular flexibility index (Phi) is 5.69. The first-order chi connectivity index (χ1) is 13.9. The van der Waals surface area contributed by atoms with Gasteiger partial charge in [-0.2, -0.15) is 4.31 Å². The van der Waals surface area contributed by atoms with Gasteiger partial charge in [0.2, 0.25) is 10.0 Å². The molecule has 0 aliphatic carbocycles. The van der Waals surface area contributed by atoms with Gasteiger partial charge in [-0.15, -0.1) is 0 Å². The van der Waals surface area contributed by atoms with Crippen LogP contribution >= 0.6 is 0 Å². The second-order valence-corrected chi connectivity index (χ2v) is 10.4. The fraction of sp³-hybridized carbons (Fsp3) is 0.478. The van der Waals surface area contributed by atoms with E-state index in [-0.39, 0.29) is 0 Å². The summed E-state index contributed by atoms with van der Waals surface area (Å²) in [6.07, 6.45) is 1.61. The highest BCUT2D eigenvalue weighted by atomic mass is 32.2. The maximum Gasteiger partial charge on any atom is 0.243 e. The van der Waals surface area contributed by atoms with E-state index in [2.05, 4.69) is 43.9 Å².